The molecule has 1 aromatic carbocycles. The average Bonchev–Trinajstić information content (AvgIpc) is 3.07. The summed E-state index contributed by atoms with van der Waals surface area (Å²) in [5, 5.41) is 9.12. The lowest BCUT2D eigenvalue weighted by molar-refractivity contribution is 0.0729. The van der Waals surface area contributed by atoms with Crippen LogP contribution >= 0.6 is 11.6 Å². The van der Waals surface area contributed by atoms with E-state index in [0.717, 1.165) is 18.5 Å². The van der Waals surface area contributed by atoms with E-state index >= 15 is 0 Å². The lowest BCUT2D eigenvalue weighted by atomic mass is 10.2. The molecular formula is C17H15ClN6O2. The minimum absolute atomic E-state index is 0.186. The first kappa shape index (κ1) is 15.5. The molecule has 0 atom stereocenters. The van der Waals surface area contributed by atoms with E-state index in [1.807, 2.05) is 16.5 Å². The van der Waals surface area contributed by atoms with Gasteiger partial charge in [-0.15, -0.1) is 5.10 Å². The molecule has 0 bridgehead atoms. The Bertz CT molecular complexity index is 1230. The van der Waals surface area contributed by atoms with Crippen LogP contribution in [0.25, 0.3) is 22.4 Å². The summed E-state index contributed by atoms with van der Waals surface area (Å²) in [4.78, 5) is 17.4. The summed E-state index contributed by atoms with van der Waals surface area (Å²) < 4.78 is 10.7. The molecule has 1 fully saturated rings. The molecule has 132 valence electrons. The zero-order valence-electron chi connectivity index (χ0n) is 14.2. The minimum Gasteiger partial charge on any atom is -0.372 e. The highest BCUT2D eigenvalue weighted by Gasteiger charge is 2.48. The van der Waals surface area contributed by atoms with Gasteiger partial charge in [0.05, 0.1) is 27.8 Å². The van der Waals surface area contributed by atoms with Gasteiger partial charge in [0.1, 0.15) is 11.9 Å². The van der Waals surface area contributed by atoms with Gasteiger partial charge in [-0.3, -0.25) is 13.8 Å². The maximum atomic E-state index is 12.9. The van der Waals surface area contributed by atoms with Gasteiger partial charge in [0, 0.05) is 14.2 Å². The van der Waals surface area contributed by atoms with Crippen LogP contribution in [0.5, 0.6) is 0 Å². The van der Waals surface area contributed by atoms with Crippen LogP contribution in [-0.2, 0) is 17.4 Å². The van der Waals surface area contributed by atoms with Crippen molar-refractivity contribution < 1.29 is 4.74 Å². The Morgan fingerprint density at radius 2 is 2.12 bits per heavy atom. The van der Waals surface area contributed by atoms with Crippen molar-refractivity contribution in [2.75, 3.05) is 7.11 Å². The van der Waals surface area contributed by atoms with E-state index in [1.54, 1.807) is 37.4 Å². The third-order valence-corrected chi connectivity index (χ3v) is 5.44. The molecule has 9 heteroatoms. The number of methoxy groups -OCH3 is 1. The molecule has 1 saturated carbocycles. The van der Waals surface area contributed by atoms with Crippen LogP contribution in [0.4, 0.5) is 0 Å². The van der Waals surface area contributed by atoms with Crippen molar-refractivity contribution in [1.29, 1.82) is 0 Å². The first-order valence-corrected chi connectivity index (χ1v) is 8.56. The fourth-order valence-electron chi connectivity index (χ4n) is 3.54. The third-order valence-electron chi connectivity index (χ3n) is 5.12. The Kier molecular flexibility index (Phi) is 3.08. The summed E-state index contributed by atoms with van der Waals surface area (Å²) in [5.41, 5.74) is 1.58. The molecule has 0 N–H and O–H groups in total. The summed E-state index contributed by atoms with van der Waals surface area (Å²) >= 11 is 6.26. The van der Waals surface area contributed by atoms with E-state index in [9.17, 15) is 4.79 Å². The Morgan fingerprint density at radius 1 is 1.31 bits per heavy atom. The summed E-state index contributed by atoms with van der Waals surface area (Å²) in [6.45, 7) is 0. The summed E-state index contributed by atoms with van der Waals surface area (Å²) in [7, 11) is 3.38. The zero-order chi connectivity index (χ0) is 18.1. The van der Waals surface area contributed by atoms with E-state index < -0.39 is 0 Å². The SMILES string of the molecule is COC1(c2cnnn2-c2ncn3c4cccc(Cl)c4c(=O)n(C)c23)CC1. The van der Waals surface area contributed by atoms with Crippen molar-refractivity contribution in [2.24, 2.45) is 7.05 Å². The Morgan fingerprint density at radius 3 is 2.85 bits per heavy atom. The average molecular weight is 371 g/mol. The third kappa shape index (κ3) is 1.88. The first-order valence-electron chi connectivity index (χ1n) is 8.18. The molecule has 0 saturated heterocycles. The number of imidazole rings is 1. The van der Waals surface area contributed by atoms with Gasteiger partial charge in [-0.1, -0.05) is 22.9 Å². The van der Waals surface area contributed by atoms with Crippen LogP contribution in [0, 0.1) is 0 Å². The zero-order valence-corrected chi connectivity index (χ0v) is 14.9. The molecular weight excluding hydrogens is 356 g/mol. The standard InChI is InChI=1S/C17H15ClN6O2/c1-22-15-14(24-12(8-20-21-24)17(26-2)6-7-17)19-9-23(15)11-5-3-4-10(18)13(11)16(22)25/h3-5,8-9H,6-7H2,1-2H3. The second kappa shape index (κ2) is 5.15. The van der Waals surface area contributed by atoms with Crippen molar-refractivity contribution in [3.05, 3.63) is 51.8 Å². The fraction of sp³-hybridized carbons (Fsp3) is 0.294. The fourth-order valence-corrected chi connectivity index (χ4v) is 3.79. The molecule has 26 heavy (non-hydrogen) atoms. The van der Waals surface area contributed by atoms with Crippen molar-refractivity contribution in [3.8, 4) is 5.82 Å². The molecule has 3 heterocycles. The Balaban J connectivity index is 1.87. The second-order valence-electron chi connectivity index (χ2n) is 6.49. The number of fused-ring (bicyclic) bond motifs is 3. The minimum atomic E-state index is -0.377. The van der Waals surface area contributed by atoms with Crippen molar-refractivity contribution in [3.63, 3.8) is 0 Å². The largest absolute Gasteiger partial charge is 0.372 e. The van der Waals surface area contributed by atoms with Gasteiger partial charge >= 0.3 is 0 Å². The summed E-state index contributed by atoms with van der Waals surface area (Å²) in [6, 6.07) is 5.37. The number of hydrogen-bond acceptors (Lipinski definition) is 5. The summed E-state index contributed by atoms with van der Waals surface area (Å²) in [6.07, 6.45) is 5.17. The first-order chi connectivity index (χ1) is 12.6. The van der Waals surface area contributed by atoms with Gasteiger partial charge in [-0.25, -0.2) is 4.98 Å². The monoisotopic (exact) mass is 370 g/mol. The quantitative estimate of drug-likeness (QED) is 0.551. The highest BCUT2D eigenvalue weighted by atomic mass is 35.5. The molecule has 0 unspecified atom stereocenters. The molecule has 5 rings (SSSR count). The van der Waals surface area contributed by atoms with E-state index in [2.05, 4.69) is 15.3 Å². The van der Waals surface area contributed by atoms with E-state index in [1.165, 1.54) is 4.57 Å². The van der Waals surface area contributed by atoms with Gasteiger partial charge < -0.3 is 4.74 Å². The van der Waals surface area contributed by atoms with Gasteiger partial charge in [0.2, 0.25) is 0 Å². The van der Waals surface area contributed by atoms with Gasteiger partial charge in [0.15, 0.2) is 11.5 Å². The van der Waals surface area contributed by atoms with Crippen molar-refractivity contribution >= 4 is 28.2 Å². The van der Waals surface area contributed by atoms with E-state index in [-0.39, 0.29) is 11.2 Å². The second-order valence-corrected chi connectivity index (χ2v) is 6.90. The number of benzene rings is 1. The number of ether oxygens (including phenoxy) is 1. The van der Waals surface area contributed by atoms with Gasteiger partial charge in [-0.05, 0) is 25.0 Å². The lowest BCUT2D eigenvalue weighted by Crippen LogP contribution is -2.22. The molecule has 1 aliphatic carbocycles. The number of aryl methyl sites for hydroxylation is 1. The number of hydrogen-bond donors (Lipinski definition) is 0. The smallest absolute Gasteiger partial charge is 0.262 e. The van der Waals surface area contributed by atoms with Gasteiger partial charge in [-0.2, -0.15) is 4.68 Å². The van der Waals surface area contributed by atoms with Crippen LogP contribution < -0.4 is 5.56 Å². The van der Waals surface area contributed by atoms with Crippen molar-refractivity contribution in [2.45, 2.75) is 18.4 Å². The molecule has 8 nitrogen and oxygen atoms in total. The Labute approximate surface area is 152 Å². The van der Waals surface area contributed by atoms with Crippen LogP contribution in [0.1, 0.15) is 18.5 Å². The molecule has 4 aromatic rings. The Hall–Kier alpha value is -2.71. The van der Waals surface area contributed by atoms with Crippen LogP contribution in [0.3, 0.4) is 0 Å². The normalized spacial score (nSPS) is 15.8. The maximum Gasteiger partial charge on any atom is 0.262 e. The number of nitrogens with zero attached hydrogens (tertiary/aromatic N) is 6. The number of aromatic nitrogens is 6. The van der Waals surface area contributed by atoms with Gasteiger partial charge in [0.25, 0.3) is 5.56 Å². The molecule has 0 radical (unpaired) electrons. The van der Waals surface area contributed by atoms with E-state index in [0.29, 0.717) is 27.4 Å². The van der Waals surface area contributed by atoms with Crippen LogP contribution in [0.15, 0.2) is 35.5 Å². The number of rotatable bonds is 3. The molecule has 3 aromatic heterocycles. The molecule has 0 amide bonds. The highest BCUT2D eigenvalue weighted by molar-refractivity contribution is 6.35. The maximum absolute atomic E-state index is 12.9. The summed E-state index contributed by atoms with van der Waals surface area (Å²) in [5.74, 6) is 0.530. The molecule has 1 aliphatic rings. The van der Waals surface area contributed by atoms with E-state index in [4.69, 9.17) is 16.3 Å². The lowest BCUT2D eigenvalue weighted by Gasteiger charge is -2.14. The predicted molar refractivity (Wildman–Crippen MR) is 95.8 cm³/mol. The molecule has 0 aliphatic heterocycles. The topological polar surface area (TPSA) is 79.2 Å². The van der Waals surface area contributed by atoms with Crippen LogP contribution in [-0.4, -0.2) is 36.1 Å². The predicted octanol–water partition coefficient (Wildman–Crippen LogP) is 2.06. The van der Waals surface area contributed by atoms with Crippen LogP contribution in [0.2, 0.25) is 5.02 Å². The highest BCUT2D eigenvalue weighted by Crippen LogP contribution is 2.48. The van der Waals surface area contributed by atoms with Crippen molar-refractivity contribution in [1.82, 2.24) is 28.9 Å². The molecule has 0 spiro atoms. The number of halogens is 1.